The van der Waals surface area contributed by atoms with Gasteiger partial charge in [-0.3, -0.25) is 14.9 Å². The number of piperidine rings is 1. The van der Waals surface area contributed by atoms with E-state index in [2.05, 4.69) is 15.2 Å². The number of benzene rings is 1. The van der Waals surface area contributed by atoms with Gasteiger partial charge in [-0.25, -0.2) is 13.6 Å². The first-order chi connectivity index (χ1) is 14.9. The number of rotatable bonds is 6. The largest absolute Gasteiger partial charge is 0.492 e. The number of likely N-dealkylation sites (tertiary alicyclic amines) is 1. The summed E-state index contributed by atoms with van der Waals surface area (Å²) in [6.07, 6.45) is 5.20. The minimum Gasteiger partial charge on any atom is -0.492 e. The average Bonchev–Trinajstić information content (AvgIpc) is 3.32. The number of pyridine rings is 1. The van der Waals surface area contributed by atoms with Crippen molar-refractivity contribution in [3.05, 3.63) is 60.4 Å². The number of H-pyrrole nitrogens is 1. The minimum absolute atomic E-state index is 0.0128. The zero-order chi connectivity index (χ0) is 21.8. The topological polar surface area (TPSA) is 131 Å². The number of amides is 1. The monoisotopic (exact) mass is 441 g/mol. The number of carbonyl (C=O) groups is 1. The Morgan fingerprint density at radius 1 is 1.19 bits per heavy atom. The van der Waals surface area contributed by atoms with Gasteiger partial charge in [0.05, 0.1) is 29.1 Å². The summed E-state index contributed by atoms with van der Waals surface area (Å²) in [7, 11) is -3.78. The van der Waals surface area contributed by atoms with Crippen molar-refractivity contribution >= 4 is 15.9 Å². The molecule has 0 aliphatic carbocycles. The van der Waals surface area contributed by atoms with Crippen LogP contribution in [-0.2, 0) is 10.0 Å². The van der Waals surface area contributed by atoms with Gasteiger partial charge < -0.3 is 9.64 Å². The van der Waals surface area contributed by atoms with Crippen LogP contribution in [0.1, 0.15) is 23.2 Å². The maximum absolute atomic E-state index is 12.8. The van der Waals surface area contributed by atoms with Crippen molar-refractivity contribution in [3.8, 4) is 17.1 Å². The molecule has 0 spiro atoms. The molecule has 3 heterocycles. The summed E-state index contributed by atoms with van der Waals surface area (Å²) >= 11 is 0. The number of sulfonamides is 1. The van der Waals surface area contributed by atoms with E-state index in [0.717, 1.165) is 24.2 Å². The molecule has 1 aliphatic heterocycles. The Kier molecular flexibility index (Phi) is 6.01. The first kappa shape index (κ1) is 21.0. The van der Waals surface area contributed by atoms with E-state index in [1.165, 1.54) is 24.3 Å². The van der Waals surface area contributed by atoms with E-state index in [-0.39, 0.29) is 16.7 Å². The number of nitrogens with two attached hydrogens (primary N) is 1. The molecule has 10 heteroatoms. The number of carbonyl (C=O) groups excluding carboxylic acids is 1. The Labute approximate surface area is 180 Å². The van der Waals surface area contributed by atoms with Crippen LogP contribution >= 0.6 is 0 Å². The van der Waals surface area contributed by atoms with Crippen LogP contribution in [0, 0.1) is 5.92 Å². The molecule has 0 radical (unpaired) electrons. The third-order valence-electron chi connectivity index (χ3n) is 5.23. The highest BCUT2D eigenvalue weighted by Gasteiger charge is 2.25. The van der Waals surface area contributed by atoms with Crippen molar-refractivity contribution in [3.63, 3.8) is 0 Å². The van der Waals surface area contributed by atoms with Crippen molar-refractivity contribution in [2.45, 2.75) is 17.7 Å². The summed E-state index contributed by atoms with van der Waals surface area (Å²) in [5.74, 6) is 0.746. The lowest BCUT2D eigenvalue weighted by Gasteiger charge is -2.32. The molecule has 1 amide bonds. The smallest absolute Gasteiger partial charge is 0.253 e. The van der Waals surface area contributed by atoms with Crippen molar-refractivity contribution in [2.75, 3.05) is 19.7 Å². The highest BCUT2D eigenvalue weighted by atomic mass is 32.2. The predicted octanol–water partition coefficient (Wildman–Crippen LogP) is 2.05. The highest BCUT2D eigenvalue weighted by molar-refractivity contribution is 7.89. The van der Waals surface area contributed by atoms with Crippen molar-refractivity contribution < 1.29 is 17.9 Å². The number of nitrogens with zero attached hydrogens (tertiary/aromatic N) is 3. The van der Waals surface area contributed by atoms with E-state index < -0.39 is 10.0 Å². The Morgan fingerprint density at radius 3 is 2.65 bits per heavy atom. The molecule has 162 valence electrons. The third kappa shape index (κ3) is 5.09. The van der Waals surface area contributed by atoms with Gasteiger partial charge >= 0.3 is 0 Å². The minimum atomic E-state index is -3.78. The molecule has 3 N–H and O–H groups in total. The SMILES string of the molecule is NS(=O)(=O)c1ccc(C(=O)N2CCC[C@@H](COc3ccc(-c4ccn[nH]4)nc3)C2)cc1. The number of hydrogen-bond donors (Lipinski definition) is 2. The van der Waals surface area contributed by atoms with Gasteiger partial charge in [-0.05, 0) is 55.3 Å². The summed E-state index contributed by atoms with van der Waals surface area (Å²) < 4.78 is 28.7. The van der Waals surface area contributed by atoms with Crippen LogP contribution in [-0.4, -0.2) is 54.1 Å². The van der Waals surface area contributed by atoms with E-state index in [4.69, 9.17) is 9.88 Å². The zero-order valence-corrected chi connectivity index (χ0v) is 17.6. The fourth-order valence-electron chi connectivity index (χ4n) is 3.59. The zero-order valence-electron chi connectivity index (χ0n) is 16.8. The maximum Gasteiger partial charge on any atom is 0.253 e. The van der Waals surface area contributed by atoms with Gasteiger partial charge in [-0.15, -0.1) is 0 Å². The summed E-state index contributed by atoms with van der Waals surface area (Å²) in [5.41, 5.74) is 2.06. The van der Waals surface area contributed by atoms with E-state index in [0.29, 0.717) is 31.0 Å². The molecule has 1 aromatic carbocycles. The molecule has 1 aliphatic rings. The molecule has 0 bridgehead atoms. The van der Waals surface area contributed by atoms with Crippen LogP contribution in [0.5, 0.6) is 5.75 Å². The van der Waals surface area contributed by atoms with Crippen LogP contribution in [0.2, 0.25) is 0 Å². The number of hydrogen-bond acceptors (Lipinski definition) is 6. The Bertz CT molecular complexity index is 1130. The molecule has 9 nitrogen and oxygen atoms in total. The molecule has 0 unspecified atom stereocenters. The quantitative estimate of drug-likeness (QED) is 0.602. The molecule has 1 atom stereocenters. The molecule has 3 aromatic rings. The number of primary sulfonamides is 1. The van der Waals surface area contributed by atoms with Gasteiger partial charge in [0.1, 0.15) is 5.75 Å². The van der Waals surface area contributed by atoms with Gasteiger partial charge in [-0.2, -0.15) is 5.10 Å². The Morgan fingerprint density at radius 2 is 2.00 bits per heavy atom. The third-order valence-corrected chi connectivity index (χ3v) is 6.16. The summed E-state index contributed by atoms with van der Waals surface area (Å²) in [6, 6.07) is 11.3. The van der Waals surface area contributed by atoms with Gasteiger partial charge in [-0.1, -0.05) is 0 Å². The average molecular weight is 442 g/mol. The molecule has 4 rings (SSSR count). The lowest BCUT2D eigenvalue weighted by atomic mass is 9.98. The first-order valence-corrected chi connectivity index (χ1v) is 11.5. The number of nitrogens with one attached hydrogen (secondary N) is 1. The van der Waals surface area contributed by atoms with Gasteiger partial charge in [0.25, 0.3) is 5.91 Å². The van der Waals surface area contributed by atoms with Gasteiger partial charge in [0.15, 0.2) is 0 Å². The Hall–Kier alpha value is -3.24. The molecule has 1 saturated heterocycles. The second kappa shape index (κ2) is 8.86. The van der Waals surface area contributed by atoms with Crippen LogP contribution in [0.3, 0.4) is 0 Å². The first-order valence-electron chi connectivity index (χ1n) is 9.91. The van der Waals surface area contributed by atoms with Crippen LogP contribution in [0.15, 0.2) is 59.8 Å². The second-order valence-electron chi connectivity index (χ2n) is 7.49. The normalized spacial score (nSPS) is 16.8. The molecule has 1 fully saturated rings. The molecule has 31 heavy (non-hydrogen) atoms. The number of aromatic amines is 1. The number of aromatic nitrogens is 3. The molecule has 0 saturated carbocycles. The van der Waals surface area contributed by atoms with Crippen LogP contribution in [0.4, 0.5) is 0 Å². The van der Waals surface area contributed by atoms with Crippen molar-refractivity contribution in [1.82, 2.24) is 20.1 Å². The molecular weight excluding hydrogens is 418 g/mol. The van der Waals surface area contributed by atoms with E-state index in [9.17, 15) is 13.2 Å². The van der Waals surface area contributed by atoms with E-state index >= 15 is 0 Å². The lowest BCUT2D eigenvalue weighted by Crippen LogP contribution is -2.41. The Balaban J connectivity index is 1.33. The highest BCUT2D eigenvalue weighted by Crippen LogP contribution is 2.22. The van der Waals surface area contributed by atoms with Crippen LogP contribution in [0.25, 0.3) is 11.4 Å². The van der Waals surface area contributed by atoms with Gasteiger partial charge in [0.2, 0.25) is 10.0 Å². The second-order valence-corrected chi connectivity index (χ2v) is 9.05. The summed E-state index contributed by atoms with van der Waals surface area (Å²) in [4.78, 5) is 19.0. The summed E-state index contributed by atoms with van der Waals surface area (Å²) in [5, 5.41) is 11.9. The van der Waals surface area contributed by atoms with Crippen LogP contribution < -0.4 is 9.88 Å². The van der Waals surface area contributed by atoms with Gasteiger partial charge in [0, 0.05) is 30.8 Å². The lowest BCUT2D eigenvalue weighted by molar-refractivity contribution is 0.0633. The van der Waals surface area contributed by atoms with Crippen molar-refractivity contribution in [2.24, 2.45) is 11.1 Å². The maximum atomic E-state index is 12.8. The van der Waals surface area contributed by atoms with Crippen molar-refractivity contribution in [1.29, 1.82) is 0 Å². The molecular formula is C21H23N5O4S. The van der Waals surface area contributed by atoms with E-state index in [1.54, 1.807) is 17.3 Å². The van der Waals surface area contributed by atoms with E-state index in [1.807, 2.05) is 18.2 Å². The fraction of sp³-hybridized carbons (Fsp3) is 0.286. The predicted molar refractivity (Wildman–Crippen MR) is 114 cm³/mol. The standard InChI is InChI=1S/C21H23N5O4S/c22-31(28,29)18-6-3-16(4-7-18)21(27)26-11-1-2-15(13-26)14-30-17-5-8-19(23-12-17)20-9-10-24-25-20/h3-10,12,15H,1-2,11,13-14H2,(H,24,25)(H2,22,28,29)/t15-/m1/s1. The molecule has 2 aromatic heterocycles. The number of ether oxygens (including phenoxy) is 1. The summed E-state index contributed by atoms with van der Waals surface area (Å²) in [6.45, 7) is 1.72. The fourth-order valence-corrected chi connectivity index (χ4v) is 4.11.